The fraction of sp³-hybridized carbons (Fsp3) is 0.519. The van der Waals surface area contributed by atoms with Gasteiger partial charge in [0.1, 0.15) is 5.92 Å². The number of carbonyl (C=O) groups excluding carboxylic acids is 3. The van der Waals surface area contributed by atoms with Crippen LogP contribution >= 0.6 is 0 Å². The van der Waals surface area contributed by atoms with E-state index < -0.39 is 30.1 Å². The van der Waals surface area contributed by atoms with Crippen LogP contribution < -0.4 is 25.7 Å². The molecule has 0 radical (unpaired) electrons. The SMILES string of the molecule is C=Cc1c2[n-]c(c1C)/C=C1\[N-]/C(=C3\c4[n-]c(c(C)c4C(=O)[C@@H]3C(=O)OC)/C=c3\[n-]/c(c(C)c3CC)=C\2)[C@@H](CCC(=O)O[C@@H](O)/C=C(\C)CCC[C@H](C)CCC[C@H](C)CCC)[C@@H]1C.[Mg+2]. The standard InChI is InChI=1S/C52H67N4O6.Mg/c1-12-17-28(4)18-15-19-29(5)20-16-21-30(6)24-45(58)62-44(57)23-22-37-33(9)40-25-38-31(7)35(13-2)42(53-38)26-39-32(8)36(14-3)43(54-39)27-41-34(10)46-50(56-41)47(49(37)55-40)48(51(46)59)52(60)61-11;/h13,24-29,33,37,45,48,58H,2,12,14-23H2,1,3-11H3,(H-,55,56,59);/q-3;+2/p-1/b30-24+,39-26-,40-25-,43-27-;/t28-,29-,33+,37+,45-,48-;/m1./s1. The van der Waals surface area contributed by atoms with E-state index in [0.717, 1.165) is 75.8 Å². The molecule has 5 heterocycles. The Hall–Kier alpha value is -4.32. The fourth-order valence-corrected chi connectivity index (χ4v) is 9.80. The van der Waals surface area contributed by atoms with Crippen molar-refractivity contribution in [1.82, 2.24) is 15.0 Å². The van der Waals surface area contributed by atoms with Gasteiger partial charge < -0.3 is 34.8 Å². The van der Waals surface area contributed by atoms with Gasteiger partial charge in [0.2, 0.25) is 6.29 Å². The second kappa shape index (κ2) is 21.6. The Kier molecular flexibility index (Phi) is 17.0. The van der Waals surface area contributed by atoms with Gasteiger partial charge in [-0.05, 0) is 88.7 Å². The van der Waals surface area contributed by atoms with Crippen LogP contribution in [0.4, 0.5) is 0 Å². The number of carbonyl (C=O) groups is 3. The maximum Gasteiger partial charge on any atom is 2.00 e. The number of allylic oxidation sites excluding steroid dienone is 3. The van der Waals surface area contributed by atoms with Crippen molar-refractivity contribution in [2.75, 3.05) is 7.11 Å². The Bertz CT molecular complexity index is 2420. The van der Waals surface area contributed by atoms with Crippen LogP contribution in [0.25, 0.3) is 35.2 Å². The Labute approximate surface area is 390 Å². The molecule has 0 aromatic carbocycles. The third kappa shape index (κ3) is 10.6. The van der Waals surface area contributed by atoms with E-state index in [1.54, 1.807) is 6.08 Å². The maximum atomic E-state index is 14.3. The summed E-state index contributed by atoms with van der Waals surface area (Å²) in [6.45, 7) is 23.0. The number of fused-ring (bicyclic) bond motifs is 7. The molecule has 2 aliphatic heterocycles. The molecule has 10 nitrogen and oxygen atoms in total. The summed E-state index contributed by atoms with van der Waals surface area (Å²) in [7, 11) is 1.27. The minimum absolute atomic E-state index is 0. The van der Waals surface area contributed by atoms with E-state index in [4.69, 9.17) is 29.7 Å². The number of Topliss-reactive ketones (excluding diaryl/α,β-unsaturated/α-hetero) is 1. The molecule has 11 heteroatoms. The molecule has 0 amide bonds. The molecule has 1 N–H and O–H groups in total. The second-order valence-corrected chi connectivity index (χ2v) is 18.0. The predicted octanol–water partition coefficient (Wildman–Crippen LogP) is 8.66. The molecule has 6 atom stereocenters. The van der Waals surface area contributed by atoms with Crippen LogP contribution in [0.1, 0.15) is 167 Å². The van der Waals surface area contributed by atoms with Crippen molar-refractivity contribution in [2.24, 2.45) is 29.6 Å². The number of esters is 2. The third-order valence-electron chi connectivity index (χ3n) is 13.5. The van der Waals surface area contributed by atoms with Crippen molar-refractivity contribution in [3.05, 3.63) is 102 Å². The summed E-state index contributed by atoms with van der Waals surface area (Å²) in [6, 6.07) is 0. The van der Waals surface area contributed by atoms with Gasteiger partial charge in [0.15, 0.2) is 5.78 Å². The zero-order chi connectivity index (χ0) is 45.0. The van der Waals surface area contributed by atoms with E-state index in [2.05, 4.69) is 41.2 Å². The largest absolute Gasteiger partial charge is 2.00 e. The summed E-state index contributed by atoms with van der Waals surface area (Å²) in [6.07, 6.45) is 18.2. The molecule has 0 unspecified atom stereocenters. The van der Waals surface area contributed by atoms with Crippen molar-refractivity contribution in [1.29, 1.82) is 0 Å². The van der Waals surface area contributed by atoms with Crippen LogP contribution in [0.15, 0.2) is 29.6 Å². The summed E-state index contributed by atoms with van der Waals surface area (Å²) in [5.74, 6) is -2.12. The van der Waals surface area contributed by atoms with Gasteiger partial charge in [0, 0.05) is 12.0 Å². The number of aromatic nitrogens is 3. The molecule has 334 valence electrons. The number of aliphatic hydroxyl groups excluding tert-OH is 1. The zero-order valence-electron chi connectivity index (χ0n) is 39.3. The first kappa shape index (κ1) is 49.7. The number of methoxy groups -OCH3 is 1. The zero-order valence-corrected chi connectivity index (χ0v) is 40.7. The number of hydrogen-bond acceptors (Lipinski definition) is 6. The summed E-state index contributed by atoms with van der Waals surface area (Å²) < 4.78 is 10.8. The Morgan fingerprint density at radius 3 is 2.22 bits per heavy atom. The number of nitrogens with zero attached hydrogens (tertiary/aromatic N) is 4. The molecule has 1 saturated heterocycles. The van der Waals surface area contributed by atoms with E-state index in [1.807, 2.05) is 52.0 Å². The minimum Gasteiger partial charge on any atom is -0.664 e. The van der Waals surface area contributed by atoms with Gasteiger partial charge in [-0.15, -0.1) is 33.5 Å². The Morgan fingerprint density at radius 1 is 0.889 bits per heavy atom. The molecule has 3 aromatic rings. The molecular weight excluding hydrogens is 801 g/mol. The van der Waals surface area contributed by atoms with E-state index in [-0.39, 0.29) is 47.6 Å². The topological polar surface area (TPSA) is 146 Å². The summed E-state index contributed by atoms with van der Waals surface area (Å²) in [5.41, 5.74) is 10.00. The van der Waals surface area contributed by atoms with E-state index in [0.29, 0.717) is 51.1 Å². The third-order valence-corrected chi connectivity index (χ3v) is 13.5. The molecule has 1 fully saturated rings. The fourth-order valence-electron chi connectivity index (χ4n) is 9.80. The quantitative estimate of drug-likeness (QED) is 0.0437. The molecule has 6 rings (SSSR count). The summed E-state index contributed by atoms with van der Waals surface area (Å²) in [5, 5.41) is 17.6. The number of rotatable bonds is 18. The summed E-state index contributed by atoms with van der Waals surface area (Å²) >= 11 is 0. The van der Waals surface area contributed by atoms with Crippen molar-refractivity contribution in [3.8, 4) is 0 Å². The first-order valence-electron chi connectivity index (χ1n) is 22.8. The van der Waals surface area contributed by atoms with Crippen LogP contribution in [0, 0.1) is 50.4 Å². The first-order valence-corrected chi connectivity index (χ1v) is 22.8. The van der Waals surface area contributed by atoms with E-state index in [9.17, 15) is 19.5 Å². The van der Waals surface area contributed by atoms with E-state index >= 15 is 0 Å². The maximum absolute atomic E-state index is 14.3. The van der Waals surface area contributed by atoms with Gasteiger partial charge >= 0.3 is 35.0 Å². The van der Waals surface area contributed by atoms with E-state index in [1.165, 1.54) is 39.2 Å². The molecule has 3 aromatic heterocycles. The van der Waals surface area contributed by atoms with Crippen LogP contribution in [-0.2, 0) is 25.5 Å². The van der Waals surface area contributed by atoms with Crippen molar-refractivity contribution in [3.63, 3.8) is 0 Å². The molecule has 8 bridgehead atoms. The predicted molar refractivity (Wildman–Crippen MR) is 252 cm³/mol. The number of aliphatic hydroxyl groups is 1. The van der Waals surface area contributed by atoms with Crippen LogP contribution in [-0.4, -0.2) is 59.3 Å². The van der Waals surface area contributed by atoms with Crippen LogP contribution in [0.2, 0.25) is 0 Å². The van der Waals surface area contributed by atoms with Gasteiger partial charge in [-0.2, -0.15) is 11.4 Å². The molecule has 63 heavy (non-hydrogen) atoms. The smallest absolute Gasteiger partial charge is 0.664 e. The van der Waals surface area contributed by atoms with Crippen molar-refractivity contribution < 1.29 is 29.0 Å². The van der Waals surface area contributed by atoms with Crippen molar-refractivity contribution >= 4 is 70.7 Å². The molecular formula is C52H66MgN4O6-2. The van der Waals surface area contributed by atoms with Gasteiger partial charge in [-0.25, -0.2) is 0 Å². The molecule has 3 aliphatic rings. The van der Waals surface area contributed by atoms with Crippen LogP contribution in [0.3, 0.4) is 0 Å². The Balaban J connectivity index is 0.00000748. The number of ketones is 1. The summed E-state index contributed by atoms with van der Waals surface area (Å²) in [4.78, 5) is 56.5. The van der Waals surface area contributed by atoms with Gasteiger partial charge in [-0.3, -0.25) is 14.4 Å². The molecule has 1 aliphatic carbocycles. The van der Waals surface area contributed by atoms with Gasteiger partial charge in [-0.1, -0.05) is 137 Å². The van der Waals surface area contributed by atoms with Gasteiger partial charge in [0.25, 0.3) is 0 Å². The Morgan fingerprint density at radius 2 is 1.56 bits per heavy atom. The minimum atomic E-state index is -1.37. The average Bonchev–Trinajstić information content (AvgIpc) is 3.97. The molecule has 0 saturated carbocycles. The first-order chi connectivity index (χ1) is 29.6. The average molecular weight is 867 g/mol. The number of hydrogen-bond donors (Lipinski definition) is 1. The second-order valence-electron chi connectivity index (χ2n) is 18.0. The van der Waals surface area contributed by atoms with Crippen molar-refractivity contribution in [2.45, 2.75) is 139 Å². The number of ether oxygens (including phenoxy) is 2. The normalized spacial score (nSPS) is 22.4. The van der Waals surface area contributed by atoms with Gasteiger partial charge in [0.05, 0.1) is 7.11 Å². The molecule has 0 spiro atoms. The monoisotopic (exact) mass is 866 g/mol. The van der Waals surface area contributed by atoms with Crippen LogP contribution in [0.5, 0.6) is 0 Å².